The second-order valence-electron chi connectivity index (χ2n) is 4.64. The van der Waals surface area contributed by atoms with E-state index in [1.807, 2.05) is 31.2 Å². The van der Waals surface area contributed by atoms with Gasteiger partial charge in [0, 0.05) is 5.39 Å². The van der Waals surface area contributed by atoms with Crippen molar-refractivity contribution in [3.8, 4) is 0 Å². The van der Waals surface area contributed by atoms with Gasteiger partial charge in [0.15, 0.2) is 0 Å². The molecular formula is C15H15NO2. The van der Waals surface area contributed by atoms with Crippen molar-refractivity contribution >= 4 is 11.0 Å². The second-order valence-corrected chi connectivity index (χ2v) is 4.64. The Hall–Kier alpha value is -2.00. The summed E-state index contributed by atoms with van der Waals surface area (Å²) in [7, 11) is 0. The second kappa shape index (κ2) is 4.03. The van der Waals surface area contributed by atoms with Crippen molar-refractivity contribution in [1.29, 1.82) is 0 Å². The molecule has 0 fully saturated rings. The number of nitrogens with two attached hydrogens (primary N) is 1. The zero-order valence-corrected chi connectivity index (χ0v) is 10.4. The van der Waals surface area contributed by atoms with Gasteiger partial charge in [0.2, 0.25) is 0 Å². The fourth-order valence-electron chi connectivity index (χ4n) is 2.17. The summed E-state index contributed by atoms with van der Waals surface area (Å²) in [6.07, 6.45) is 1.65. The summed E-state index contributed by atoms with van der Waals surface area (Å²) < 4.78 is 11.2. The lowest BCUT2D eigenvalue weighted by Gasteiger charge is -2.05. The van der Waals surface area contributed by atoms with Crippen LogP contribution in [0.15, 0.2) is 45.4 Å². The van der Waals surface area contributed by atoms with Gasteiger partial charge in [-0.15, -0.1) is 0 Å². The van der Waals surface area contributed by atoms with Gasteiger partial charge >= 0.3 is 0 Å². The van der Waals surface area contributed by atoms with Crippen LogP contribution in [0, 0.1) is 13.8 Å². The van der Waals surface area contributed by atoms with Crippen molar-refractivity contribution in [2.45, 2.75) is 19.9 Å². The Bertz CT molecular complexity index is 693. The molecule has 2 aromatic heterocycles. The largest absolute Gasteiger partial charge is 0.467 e. The van der Waals surface area contributed by atoms with Gasteiger partial charge in [0.1, 0.15) is 23.1 Å². The highest BCUT2D eigenvalue weighted by molar-refractivity contribution is 5.78. The molecule has 3 heteroatoms. The first kappa shape index (κ1) is 11.1. The van der Waals surface area contributed by atoms with Crippen molar-refractivity contribution in [2.24, 2.45) is 5.73 Å². The quantitative estimate of drug-likeness (QED) is 0.744. The van der Waals surface area contributed by atoms with Crippen molar-refractivity contribution in [3.05, 3.63) is 59.2 Å². The monoisotopic (exact) mass is 241 g/mol. The zero-order chi connectivity index (χ0) is 12.7. The minimum absolute atomic E-state index is 0.354. The Kier molecular flexibility index (Phi) is 2.49. The van der Waals surface area contributed by atoms with Crippen LogP contribution in [-0.4, -0.2) is 0 Å². The number of fused-ring (bicyclic) bond motifs is 1. The molecule has 0 amide bonds. The van der Waals surface area contributed by atoms with E-state index in [9.17, 15) is 0 Å². The van der Waals surface area contributed by atoms with Crippen LogP contribution in [0.5, 0.6) is 0 Å². The summed E-state index contributed by atoms with van der Waals surface area (Å²) >= 11 is 0. The van der Waals surface area contributed by atoms with Crippen LogP contribution < -0.4 is 5.73 Å². The molecule has 3 aromatic rings. The highest BCUT2D eigenvalue weighted by Gasteiger charge is 2.18. The lowest BCUT2D eigenvalue weighted by atomic mass is 10.1. The molecule has 1 atom stereocenters. The highest BCUT2D eigenvalue weighted by atomic mass is 16.4. The first-order chi connectivity index (χ1) is 8.65. The topological polar surface area (TPSA) is 52.3 Å². The minimum atomic E-state index is -0.354. The Labute approximate surface area is 105 Å². The normalized spacial score (nSPS) is 13.1. The predicted octanol–water partition coefficient (Wildman–Crippen LogP) is 3.69. The molecule has 2 heterocycles. The number of furan rings is 2. The van der Waals surface area contributed by atoms with Crippen LogP contribution >= 0.6 is 0 Å². The molecule has 92 valence electrons. The van der Waals surface area contributed by atoms with Crippen molar-refractivity contribution in [2.75, 3.05) is 0 Å². The van der Waals surface area contributed by atoms with Gasteiger partial charge in [-0.3, -0.25) is 0 Å². The molecule has 3 nitrogen and oxygen atoms in total. The van der Waals surface area contributed by atoms with E-state index < -0.39 is 0 Å². The van der Waals surface area contributed by atoms with E-state index in [2.05, 4.69) is 13.0 Å². The molecule has 2 N–H and O–H groups in total. The summed E-state index contributed by atoms with van der Waals surface area (Å²) in [6.45, 7) is 4.04. The molecule has 0 aliphatic carbocycles. The summed E-state index contributed by atoms with van der Waals surface area (Å²) in [4.78, 5) is 0. The van der Waals surface area contributed by atoms with Gasteiger partial charge in [0.25, 0.3) is 0 Å². The summed E-state index contributed by atoms with van der Waals surface area (Å²) in [5.74, 6) is 1.49. The molecule has 0 saturated heterocycles. The fraction of sp³-hybridized carbons (Fsp3) is 0.200. The fourth-order valence-corrected chi connectivity index (χ4v) is 2.17. The first-order valence-electron chi connectivity index (χ1n) is 5.95. The Balaban J connectivity index is 2.07. The standard InChI is InChI=1S/C15H15NO2/c1-9-3-4-12-11(7-9)8-13(18-12)14(16)15-10(2)5-6-17-15/h3-8,14H,16H2,1-2H3. The third-order valence-electron chi connectivity index (χ3n) is 3.18. The van der Waals surface area contributed by atoms with Crippen LogP contribution in [0.1, 0.15) is 28.7 Å². The number of benzene rings is 1. The molecule has 0 spiro atoms. The number of hydrogen-bond acceptors (Lipinski definition) is 3. The number of hydrogen-bond donors (Lipinski definition) is 1. The van der Waals surface area contributed by atoms with Crippen molar-refractivity contribution in [1.82, 2.24) is 0 Å². The Morgan fingerprint density at radius 1 is 1.11 bits per heavy atom. The first-order valence-corrected chi connectivity index (χ1v) is 5.95. The summed E-state index contributed by atoms with van der Waals surface area (Å²) in [5, 5.41) is 1.07. The molecule has 0 aliphatic rings. The average Bonchev–Trinajstić information content (AvgIpc) is 2.93. The van der Waals surface area contributed by atoms with E-state index in [0.717, 1.165) is 28.1 Å². The van der Waals surface area contributed by atoms with E-state index in [0.29, 0.717) is 0 Å². The molecule has 18 heavy (non-hydrogen) atoms. The van der Waals surface area contributed by atoms with Gasteiger partial charge < -0.3 is 14.6 Å². The van der Waals surface area contributed by atoms with Crippen LogP contribution in [0.4, 0.5) is 0 Å². The Morgan fingerprint density at radius 2 is 1.94 bits per heavy atom. The van der Waals surface area contributed by atoms with Crippen LogP contribution in [-0.2, 0) is 0 Å². The molecule has 0 radical (unpaired) electrons. The third-order valence-corrected chi connectivity index (χ3v) is 3.18. The van der Waals surface area contributed by atoms with Gasteiger partial charge in [-0.25, -0.2) is 0 Å². The van der Waals surface area contributed by atoms with Crippen molar-refractivity contribution in [3.63, 3.8) is 0 Å². The number of rotatable bonds is 2. The third kappa shape index (κ3) is 1.73. The molecule has 1 aromatic carbocycles. The molecule has 0 aliphatic heterocycles. The maximum atomic E-state index is 6.18. The van der Waals surface area contributed by atoms with Crippen LogP contribution in [0.2, 0.25) is 0 Å². The molecule has 3 rings (SSSR count). The van der Waals surface area contributed by atoms with Gasteiger partial charge in [0.05, 0.1) is 6.26 Å². The summed E-state index contributed by atoms with van der Waals surface area (Å²) in [6, 6.07) is 9.61. The minimum Gasteiger partial charge on any atom is -0.467 e. The van der Waals surface area contributed by atoms with Crippen molar-refractivity contribution < 1.29 is 8.83 Å². The molecule has 1 unspecified atom stereocenters. The van der Waals surface area contributed by atoms with Gasteiger partial charge in [-0.1, -0.05) is 11.6 Å². The lowest BCUT2D eigenvalue weighted by molar-refractivity contribution is 0.443. The highest BCUT2D eigenvalue weighted by Crippen LogP contribution is 2.29. The van der Waals surface area contributed by atoms with E-state index in [1.165, 1.54) is 5.56 Å². The summed E-state index contributed by atoms with van der Waals surface area (Å²) in [5.41, 5.74) is 9.28. The zero-order valence-electron chi connectivity index (χ0n) is 10.4. The molecule has 0 bridgehead atoms. The van der Waals surface area contributed by atoms with E-state index in [-0.39, 0.29) is 6.04 Å². The predicted molar refractivity (Wildman–Crippen MR) is 70.4 cm³/mol. The molecule has 0 saturated carbocycles. The van der Waals surface area contributed by atoms with Crippen LogP contribution in [0.3, 0.4) is 0 Å². The SMILES string of the molecule is Cc1ccc2oc(C(N)c3occc3C)cc2c1. The smallest absolute Gasteiger partial charge is 0.134 e. The van der Waals surface area contributed by atoms with E-state index in [4.69, 9.17) is 14.6 Å². The average molecular weight is 241 g/mol. The maximum absolute atomic E-state index is 6.18. The van der Waals surface area contributed by atoms with E-state index >= 15 is 0 Å². The molecular weight excluding hydrogens is 226 g/mol. The van der Waals surface area contributed by atoms with E-state index in [1.54, 1.807) is 6.26 Å². The lowest BCUT2D eigenvalue weighted by Crippen LogP contribution is -2.10. The van der Waals surface area contributed by atoms with Gasteiger partial charge in [-0.05, 0) is 43.7 Å². The Morgan fingerprint density at radius 3 is 2.67 bits per heavy atom. The van der Waals surface area contributed by atoms with Gasteiger partial charge in [-0.2, -0.15) is 0 Å². The maximum Gasteiger partial charge on any atom is 0.134 e. The van der Waals surface area contributed by atoms with Crippen LogP contribution in [0.25, 0.3) is 11.0 Å². The number of aryl methyl sites for hydroxylation is 2.